The third-order valence-electron chi connectivity index (χ3n) is 2.11. The number of unbranched alkanes of at least 4 members (excludes halogenated alkanes) is 2. The number of carbonyl (C=O) groups is 1. The summed E-state index contributed by atoms with van der Waals surface area (Å²) in [4.78, 5) is 10.9. The van der Waals surface area contributed by atoms with Crippen LogP contribution in [-0.4, -0.2) is 12.5 Å². The quantitative estimate of drug-likeness (QED) is 0.767. The van der Waals surface area contributed by atoms with Crippen LogP contribution >= 0.6 is 0 Å². The van der Waals surface area contributed by atoms with Crippen molar-refractivity contribution in [3.8, 4) is 11.8 Å². The maximum Gasteiger partial charge on any atom is 0.221 e. The van der Waals surface area contributed by atoms with Gasteiger partial charge in [0.05, 0.1) is 12.7 Å². The van der Waals surface area contributed by atoms with Gasteiger partial charge in [-0.2, -0.15) is 5.26 Å². The van der Waals surface area contributed by atoms with E-state index in [-0.39, 0.29) is 5.91 Å². The van der Waals surface area contributed by atoms with Gasteiger partial charge in [-0.3, -0.25) is 4.79 Å². The molecule has 4 heteroatoms. The Balaban J connectivity index is 2.38. The summed E-state index contributed by atoms with van der Waals surface area (Å²) in [5.41, 5.74) is 0.729. The van der Waals surface area contributed by atoms with E-state index >= 15 is 0 Å². The van der Waals surface area contributed by atoms with Crippen LogP contribution in [-0.2, 0) is 4.79 Å². The van der Waals surface area contributed by atoms with Crippen molar-refractivity contribution in [3.63, 3.8) is 0 Å². The van der Waals surface area contributed by atoms with Crippen LogP contribution in [0.25, 0.3) is 0 Å². The Labute approximate surface area is 101 Å². The summed E-state index contributed by atoms with van der Waals surface area (Å²) in [6.45, 7) is 2.06. The lowest BCUT2D eigenvalue weighted by Crippen LogP contribution is -2.06. The Morgan fingerprint density at radius 2 is 2.29 bits per heavy atom. The molecule has 0 atom stereocenters. The predicted molar refractivity (Wildman–Crippen MR) is 65.7 cm³/mol. The van der Waals surface area contributed by atoms with Crippen molar-refractivity contribution < 1.29 is 9.53 Å². The fraction of sp³-hybridized carbons (Fsp3) is 0.385. The molecule has 0 radical (unpaired) electrons. The number of nitrogens with zero attached hydrogens (tertiary/aromatic N) is 1. The van der Waals surface area contributed by atoms with E-state index in [1.807, 2.05) is 18.2 Å². The SMILES string of the molecule is CC(=O)Nc1cccc(OCCCCC#N)c1. The summed E-state index contributed by atoms with van der Waals surface area (Å²) in [7, 11) is 0. The second-order valence-corrected chi connectivity index (χ2v) is 3.67. The van der Waals surface area contributed by atoms with E-state index in [1.165, 1.54) is 6.92 Å². The minimum absolute atomic E-state index is 0.101. The smallest absolute Gasteiger partial charge is 0.221 e. The molecule has 17 heavy (non-hydrogen) atoms. The van der Waals surface area contributed by atoms with Crippen molar-refractivity contribution in [2.24, 2.45) is 0 Å². The number of benzene rings is 1. The number of nitrogens with one attached hydrogen (secondary N) is 1. The Kier molecular flexibility index (Phi) is 5.59. The minimum atomic E-state index is -0.101. The normalized spacial score (nSPS) is 9.41. The second-order valence-electron chi connectivity index (χ2n) is 3.67. The molecule has 0 fully saturated rings. The Morgan fingerprint density at radius 3 is 3.00 bits per heavy atom. The van der Waals surface area contributed by atoms with Gasteiger partial charge in [-0.15, -0.1) is 0 Å². The molecule has 4 nitrogen and oxygen atoms in total. The molecule has 0 aliphatic rings. The van der Waals surface area contributed by atoms with Crippen LogP contribution in [0.1, 0.15) is 26.2 Å². The summed E-state index contributed by atoms with van der Waals surface area (Å²) in [6, 6.07) is 9.36. The highest BCUT2D eigenvalue weighted by Crippen LogP contribution is 2.17. The van der Waals surface area contributed by atoms with Crippen molar-refractivity contribution in [1.29, 1.82) is 5.26 Å². The standard InChI is InChI=1S/C13H16N2O2/c1-11(16)15-12-6-5-7-13(10-12)17-9-4-2-3-8-14/h5-7,10H,2-4,9H2,1H3,(H,15,16). The summed E-state index contributed by atoms with van der Waals surface area (Å²) < 4.78 is 5.51. The monoisotopic (exact) mass is 232 g/mol. The molecular weight excluding hydrogens is 216 g/mol. The number of nitriles is 1. The first-order valence-electron chi connectivity index (χ1n) is 5.60. The third kappa shape index (κ3) is 5.57. The zero-order valence-electron chi connectivity index (χ0n) is 9.90. The number of rotatable bonds is 6. The molecular formula is C13H16N2O2. The van der Waals surface area contributed by atoms with E-state index < -0.39 is 0 Å². The number of ether oxygens (including phenoxy) is 1. The topological polar surface area (TPSA) is 62.1 Å². The number of hydrogen-bond acceptors (Lipinski definition) is 3. The molecule has 0 aliphatic carbocycles. The average molecular weight is 232 g/mol. The Hall–Kier alpha value is -2.02. The molecule has 0 spiro atoms. The van der Waals surface area contributed by atoms with Crippen molar-refractivity contribution in [2.75, 3.05) is 11.9 Å². The average Bonchev–Trinajstić information content (AvgIpc) is 2.28. The Bertz CT molecular complexity index is 410. The molecule has 0 heterocycles. The summed E-state index contributed by atoms with van der Waals surface area (Å²) in [5.74, 6) is 0.629. The van der Waals surface area contributed by atoms with Gasteiger partial charge in [0.1, 0.15) is 5.75 Å². The van der Waals surface area contributed by atoms with Crippen LogP contribution in [0.4, 0.5) is 5.69 Å². The maximum atomic E-state index is 10.9. The van der Waals surface area contributed by atoms with E-state index in [4.69, 9.17) is 10.00 Å². The van der Waals surface area contributed by atoms with Crippen molar-refractivity contribution in [3.05, 3.63) is 24.3 Å². The van der Waals surface area contributed by atoms with Gasteiger partial charge in [-0.25, -0.2) is 0 Å². The summed E-state index contributed by atoms with van der Waals surface area (Å²) in [5, 5.41) is 11.1. The van der Waals surface area contributed by atoms with Crippen LogP contribution in [0.2, 0.25) is 0 Å². The first-order valence-corrected chi connectivity index (χ1v) is 5.60. The molecule has 0 bridgehead atoms. The molecule has 90 valence electrons. The second kappa shape index (κ2) is 7.29. The van der Waals surface area contributed by atoms with Gasteiger partial charge in [0.25, 0.3) is 0 Å². The first-order chi connectivity index (χ1) is 8.22. The van der Waals surface area contributed by atoms with Gasteiger partial charge in [0.15, 0.2) is 0 Å². The largest absolute Gasteiger partial charge is 0.494 e. The van der Waals surface area contributed by atoms with E-state index in [9.17, 15) is 4.79 Å². The van der Waals surface area contributed by atoms with Crippen molar-refractivity contribution >= 4 is 11.6 Å². The first kappa shape index (κ1) is 13.0. The lowest BCUT2D eigenvalue weighted by atomic mass is 10.2. The van der Waals surface area contributed by atoms with Crippen LogP contribution in [0.3, 0.4) is 0 Å². The third-order valence-corrected chi connectivity index (χ3v) is 2.11. The fourth-order valence-corrected chi connectivity index (χ4v) is 1.36. The Morgan fingerprint density at radius 1 is 1.47 bits per heavy atom. The molecule has 1 aromatic carbocycles. The van der Waals surface area contributed by atoms with Crippen LogP contribution in [0.15, 0.2) is 24.3 Å². The molecule has 1 amide bonds. The van der Waals surface area contributed by atoms with Gasteiger partial charge in [-0.05, 0) is 25.0 Å². The molecule has 0 aliphatic heterocycles. The lowest BCUT2D eigenvalue weighted by molar-refractivity contribution is -0.114. The van der Waals surface area contributed by atoms with Gasteiger partial charge in [0, 0.05) is 25.1 Å². The van der Waals surface area contributed by atoms with Gasteiger partial charge in [-0.1, -0.05) is 6.07 Å². The predicted octanol–water partition coefficient (Wildman–Crippen LogP) is 2.72. The van der Waals surface area contributed by atoms with Crippen molar-refractivity contribution in [2.45, 2.75) is 26.2 Å². The zero-order valence-corrected chi connectivity index (χ0v) is 9.90. The highest BCUT2D eigenvalue weighted by Gasteiger charge is 1.98. The summed E-state index contributed by atoms with van der Waals surface area (Å²) >= 11 is 0. The highest BCUT2D eigenvalue weighted by atomic mass is 16.5. The van der Waals surface area contributed by atoms with Crippen LogP contribution in [0.5, 0.6) is 5.75 Å². The fourth-order valence-electron chi connectivity index (χ4n) is 1.36. The minimum Gasteiger partial charge on any atom is -0.494 e. The van der Waals surface area contributed by atoms with E-state index in [0.717, 1.165) is 24.3 Å². The number of carbonyl (C=O) groups excluding carboxylic acids is 1. The van der Waals surface area contributed by atoms with E-state index in [0.29, 0.717) is 13.0 Å². The maximum absolute atomic E-state index is 10.9. The molecule has 0 unspecified atom stereocenters. The van der Waals surface area contributed by atoms with E-state index in [2.05, 4.69) is 11.4 Å². The number of anilines is 1. The van der Waals surface area contributed by atoms with Crippen molar-refractivity contribution in [1.82, 2.24) is 0 Å². The van der Waals surface area contributed by atoms with Crippen LogP contribution in [0, 0.1) is 11.3 Å². The lowest BCUT2D eigenvalue weighted by Gasteiger charge is -2.07. The van der Waals surface area contributed by atoms with Gasteiger partial charge < -0.3 is 10.1 Å². The zero-order chi connectivity index (χ0) is 12.5. The molecule has 1 aromatic rings. The summed E-state index contributed by atoms with van der Waals surface area (Å²) in [6.07, 6.45) is 2.27. The highest BCUT2D eigenvalue weighted by molar-refractivity contribution is 5.88. The molecule has 0 saturated heterocycles. The van der Waals surface area contributed by atoms with Gasteiger partial charge in [0.2, 0.25) is 5.91 Å². The molecule has 0 saturated carbocycles. The van der Waals surface area contributed by atoms with Gasteiger partial charge >= 0.3 is 0 Å². The number of amides is 1. The molecule has 0 aromatic heterocycles. The van der Waals surface area contributed by atoms with Crippen LogP contribution < -0.4 is 10.1 Å². The van der Waals surface area contributed by atoms with E-state index in [1.54, 1.807) is 6.07 Å². The number of hydrogen-bond donors (Lipinski definition) is 1. The molecule has 1 N–H and O–H groups in total. The molecule has 1 rings (SSSR count).